The number of aromatic nitrogens is 1. The molecule has 0 amide bonds. The molecule has 192 valence electrons. The van der Waals surface area contributed by atoms with Gasteiger partial charge in [-0.05, 0) is 48.4 Å². The number of aryl methyl sites for hydroxylation is 1. The number of carbonyl (C=O) groups excluding carboxylic acids is 1. The first kappa shape index (κ1) is 26.8. The summed E-state index contributed by atoms with van der Waals surface area (Å²) in [7, 11) is -4.30. The van der Waals surface area contributed by atoms with Crippen LogP contribution < -0.4 is 10.0 Å². The molecule has 0 fully saturated rings. The normalized spacial score (nSPS) is 11.9. The number of sulfonamides is 1. The second-order valence-electron chi connectivity index (χ2n) is 7.96. The molecule has 4 aromatic rings. The molecule has 0 saturated carbocycles. The number of ketones is 1. The molecule has 0 atom stereocenters. The summed E-state index contributed by atoms with van der Waals surface area (Å²) in [6.07, 6.45) is -3.20. The minimum absolute atomic E-state index is 0.118. The molecule has 0 unspecified atom stereocenters. The number of hydrogen-bond donors (Lipinski definition) is 2. The van der Waals surface area contributed by atoms with Crippen LogP contribution in [-0.4, -0.2) is 19.2 Å². The first-order valence-corrected chi connectivity index (χ1v) is 13.4. The lowest BCUT2D eigenvalue weighted by molar-refractivity contribution is -0.137. The molecular formula is C25H19ClF3N3O3S2. The maximum atomic E-state index is 13.0. The van der Waals surface area contributed by atoms with Gasteiger partial charge in [0.15, 0.2) is 5.13 Å². The molecule has 0 bridgehead atoms. The Morgan fingerprint density at radius 1 is 1.05 bits per heavy atom. The number of benzene rings is 3. The van der Waals surface area contributed by atoms with Crippen LogP contribution in [-0.2, 0) is 22.7 Å². The zero-order chi connectivity index (χ0) is 26.8. The van der Waals surface area contributed by atoms with Gasteiger partial charge in [-0.1, -0.05) is 59.3 Å². The molecule has 12 heteroatoms. The predicted molar refractivity (Wildman–Crippen MR) is 137 cm³/mol. The fourth-order valence-electron chi connectivity index (χ4n) is 3.37. The van der Waals surface area contributed by atoms with Crippen molar-refractivity contribution in [2.24, 2.45) is 0 Å². The van der Waals surface area contributed by atoms with E-state index < -0.39 is 26.7 Å². The lowest BCUT2D eigenvalue weighted by Gasteiger charge is -2.12. The highest BCUT2D eigenvalue weighted by molar-refractivity contribution is 7.89. The lowest BCUT2D eigenvalue weighted by Crippen LogP contribution is -2.24. The highest BCUT2D eigenvalue weighted by Gasteiger charge is 2.32. The zero-order valence-electron chi connectivity index (χ0n) is 19.1. The van der Waals surface area contributed by atoms with Gasteiger partial charge in [0.25, 0.3) is 0 Å². The van der Waals surface area contributed by atoms with Crippen molar-refractivity contribution in [3.05, 3.63) is 105 Å². The van der Waals surface area contributed by atoms with Crippen molar-refractivity contribution in [1.82, 2.24) is 9.71 Å². The zero-order valence-corrected chi connectivity index (χ0v) is 21.5. The van der Waals surface area contributed by atoms with E-state index in [0.717, 1.165) is 17.7 Å². The molecule has 6 nitrogen and oxygen atoms in total. The van der Waals surface area contributed by atoms with Crippen molar-refractivity contribution in [3.8, 4) is 0 Å². The Balaban J connectivity index is 1.41. The minimum Gasteiger partial charge on any atom is -0.332 e. The van der Waals surface area contributed by atoms with Gasteiger partial charge in [0.05, 0.1) is 21.7 Å². The molecule has 0 aliphatic heterocycles. The first-order valence-electron chi connectivity index (χ1n) is 10.7. The van der Waals surface area contributed by atoms with Crippen molar-refractivity contribution in [2.45, 2.75) is 24.5 Å². The highest BCUT2D eigenvalue weighted by Crippen LogP contribution is 2.33. The lowest BCUT2D eigenvalue weighted by atomic mass is 10.0. The summed E-state index contributed by atoms with van der Waals surface area (Å²) in [6, 6.07) is 16.1. The number of alkyl halides is 3. The van der Waals surface area contributed by atoms with Gasteiger partial charge in [-0.3, -0.25) is 4.79 Å². The van der Waals surface area contributed by atoms with E-state index in [9.17, 15) is 26.4 Å². The van der Waals surface area contributed by atoms with E-state index in [1.54, 1.807) is 36.4 Å². The number of halogens is 4. The molecule has 0 aliphatic rings. The Morgan fingerprint density at radius 2 is 1.76 bits per heavy atom. The molecule has 3 aromatic carbocycles. The van der Waals surface area contributed by atoms with Crippen LogP contribution >= 0.6 is 22.9 Å². The van der Waals surface area contributed by atoms with Crippen LogP contribution in [0, 0.1) is 6.92 Å². The van der Waals surface area contributed by atoms with Crippen molar-refractivity contribution in [3.63, 3.8) is 0 Å². The molecular weight excluding hydrogens is 547 g/mol. The van der Waals surface area contributed by atoms with Gasteiger partial charge in [-0.2, -0.15) is 13.2 Å². The van der Waals surface area contributed by atoms with Crippen molar-refractivity contribution in [1.29, 1.82) is 0 Å². The van der Waals surface area contributed by atoms with Gasteiger partial charge >= 0.3 is 6.18 Å². The van der Waals surface area contributed by atoms with E-state index >= 15 is 0 Å². The molecule has 4 rings (SSSR count). The van der Waals surface area contributed by atoms with Gasteiger partial charge in [-0.25, -0.2) is 18.1 Å². The van der Waals surface area contributed by atoms with Gasteiger partial charge in [0.1, 0.15) is 4.90 Å². The summed E-state index contributed by atoms with van der Waals surface area (Å²) < 4.78 is 66.4. The van der Waals surface area contributed by atoms with Crippen LogP contribution in [0.25, 0.3) is 0 Å². The number of anilines is 2. The van der Waals surface area contributed by atoms with Crippen molar-refractivity contribution in [2.75, 3.05) is 5.32 Å². The number of carbonyl (C=O) groups is 1. The summed E-state index contributed by atoms with van der Waals surface area (Å²) >= 11 is 7.06. The second-order valence-corrected chi connectivity index (χ2v) is 11.1. The van der Waals surface area contributed by atoms with Crippen LogP contribution in [0.1, 0.15) is 31.9 Å². The Hall–Kier alpha value is -3.25. The fourth-order valence-corrected chi connectivity index (χ4v) is 5.70. The first-order chi connectivity index (χ1) is 17.4. The van der Waals surface area contributed by atoms with Gasteiger partial charge < -0.3 is 5.32 Å². The molecule has 1 heterocycles. The SMILES string of the molecule is Cc1ccccc1C(=O)c1cnc(Nc2ccc(CNS(=O)(=O)c3cc(C(F)(F)F)ccc3Cl)cc2)s1. The summed E-state index contributed by atoms with van der Waals surface area (Å²) in [5.74, 6) is -0.118. The van der Waals surface area contributed by atoms with E-state index in [4.69, 9.17) is 11.6 Å². The third-order valence-corrected chi connectivity index (χ3v) is 8.13. The molecule has 1 aromatic heterocycles. The number of rotatable bonds is 8. The number of thiazole rings is 1. The molecule has 0 radical (unpaired) electrons. The summed E-state index contributed by atoms with van der Waals surface area (Å²) in [5, 5.41) is 3.28. The highest BCUT2D eigenvalue weighted by atomic mass is 35.5. The van der Waals surface area contributed by atoms with E-state index in [-0.39, 0.29) is 17.4 Å². The largest absolute Gasteiger partial charge is 0.416 e. The van der Waals surface area contributed by atoms with Crippen LogP contribution in [0.2, 0.25) is 5.02 Å². The number of hydrogen-bond acceptors (Lipinski definition) is 6. The summed E-state index contributed by atoms with van der Waals surface area (Å²) in [6.45, 7) is 1.70. The van der Waals surface area contributed by atoms with Gasteiger partial charge in [-0.15, -0.1) is 0 Å². The molecule has 0 spiro atoms. The Labute approximate surface area is 220 Å². The van der Waals surface area contributed by atoms with E-state index in [0.29, 0.717) is 32.9 Å². The van der Waals surface area contributed by atoms with Crippen LogP contribution in [0.3, 0.4) is 0 Å². The quantitative estimate of drug-likeness (QED) is 0.236. The topological polar surface area (TPSA) is 88.2 Å². The number of nitrogens with zero attached hydrogens (tertiary/aromatic N) is 1. The molecule has 0 saturated heterocycles. The van der Waals surface area contributed by atoms with Crippen LogP contribution in [0.5, 0.6) is 0 Å². The number of nitrogens with one attached hydrogen (secondary N) is 2. The third-order valence-electron chi connectivity index (χ3n) is 5.34. The van der Waals surface area contributed by atoms with Gasteiger partial charge in [0.2, 0.25) is 15.8 Å². The summed E-state index contributed by atoms with van der Waals surface area (Å²) in [5.41, 5.74) is 1.58. The fraction of sp³-hybridized carbons (Fsp3) is 0.120. The maximum Gasteiger partial charge on any atom is 0.416 e. The van der Waals surface area contributed by atoms with Gasteiger partial charge in [0, 0.05) is 17.8 Å². The Kier molecular flexibility index (Phi) is 7.69. The predicted octanol–water partition coefficient (Wildman–Crippen LogP) is 6.58. The van der Waals surface area contributed by atoms with Crippen molar-refractivity contribution >= 4 is 49.6 Å². The van der Waals surface area contributed by atoms with Crippen LogP contribution in [0.15, 0.2) is 77.8 Å². The smallest absolute Gasteiger partial charge is 0.332 e. The molecule has 37 heavy (non-hydrogen) atoms. The van der Waals surface area contributed by atoms with E-state index in [1.807, 2.05) is 19.1 Å². The molecule has 2 N–H and O–H groups in total. The Bertz CT molecular complexity index is 1550. The maximum absolute atomic E-state index is 13.0. The monoisotopic (exact) mass is 565 g/mol. The van der Waals surface area contributed by atoms with E-state index in [2.05, 4.69) is 15.0 Å². The van der Waals surface area contributed by atoms with Crippen molar-refractivity contribution < 1.29 is 26.4 Å². The van der Waals surface area contributed by atoms with Crippen LogP contribution in [0.4, 0.5) is 24.0 Å². The van der Waals surface area contributed by atoms with E-state index in [1.165, 1.54) is 17.5 Å². The average molecular weight is 566 g/mol. The summed E-state index contributed by atoms with van der Waals surface area (Å²) in [4.78, 5) is 16.8. The second kappa shape index (κ2) is 10.6. The standard InChI is InChI=1S/C25H19ClF3N3O3S2/c1-15-4-2-3-5-19(15)23(33)21-14-30-24(36-21)32-18-9-6-16(7-10-18)13-31-37(34,35)22-12-17(25(27,28)29)8-11-20(22)26/h2-12,14,31H,13H2,1H3,(H,30,32). The minimum atomic E-state index is -4.70. The molecule has 0 aliphatic carbocycles. The third kappa shape index (κ3) is 6.37. The Morgan fingerprint density at radius 3 is 2.43 bits per heavy atom. The average Bonchev–Trinajstić information content (AvgIpc) is 3.31.